The van der Waals surface area contributed by atoms with Crippen LogP contribution in [0.4, 0.5) is 12.9 Å². The van der Waals surface area contributed by atoms with Crippen LogP contribution >= 0.6 is 23.4 Å². The first-order chi connectivity index (χ1) is 6.89. The molecule has 0 N–H and O–H groups in total. The van der Waals surface area contributed by atoms with Crippen LogP contribution in [-0.2, 0) is 5.75 Å². The molecule has 8 heteroatoms. The van der Waals surface area contributed by atoms with Crippen LogP contribution in [0, 0.1) is 0 Å². The van der Waals surface area contributed by atoms with Crippen molar-refractivity contribution in [3.05, 3.63) is 35.2 Å². The van der Waals surface area contributed by atoms with E-state index in [2.05, 4.69) is 6.58 Å². The summed E-state index contributed by atoms with van der Waals surface area (Å²) in [6, 6.07) is 3.19. The minimum absolute atomic E-state index is 0. The van der Waals surface area contributed by atoms with Crippen LogP contribution in [-0.4, -0.2) is 12.7 Å². The summed E-state index contributed by atoms with van der Waals surface area (Å²) in [6.45, 7) is -1.93. The van der Waals surface area contributed by atoms with Crippen molar-refractivity contribution in [1.82, 2.24) is 0 Å². The molecular formula is C8H8BClF3KOS. The van der Waals surface area contributed by atoms with Crippen LogP contribution in [0.25, 0.3) is 0 Å². The first kappa shape index (κ1) is 17.2. The quantitative estimate of drug-likeness (QED) is 0.755. The Hall–Kier alpha value is 1.15. The monoisotopic (exact) mass is 294 g/mol. The van der Waals surface area contributed by atoms with Gasteiger partial charge < -0.3 is 17.4 Å². The Balaban J connectivity index is 0.00000225. The third kappa shape index (κ3) is 6.18. The van der Waals surface area contributed by atoms with Gasteiger partial charge in [0.15, 0.2) is 5.22 Å². The van der Waals surface area contributed by atoms with Gasteiger partial charge >= 0.3 is 58.4 Å². The predicted molar refractivity (Wildman–Crippen MR) is 58.1 cm³/mol. The number of rotatable bonds is 5. The summed E-state index contributed by atoms with van der Waals surface area (Å²) in [5.74, 6) is 0.784. The average Bonchev–Trinajstić information content (AvgIpc) is 2.49. The van der Waals surface area contributed by atoms with Gasteiger partial charge in [-0.05, 0) is 29.5 Å². The zero-order valence-electron chi connectivity index (χ0n) is 8.68. The van der Waals surface area contributed by atoms with Gasteiger partial charge in [-0.2, -0.15) is 11.8 Å². The second kappa shape index (κ2) is 7.56. The van der Waals surface area contributed by atoms with E-state index in [0.29, 0.717) is 11.5 Å². The van der Waals surface area contributed by atoms with E-state index >= 15 is 0 Å². The SMILES string of the molecule is C=C(CSCc1ccc(Cl)o1)[B-](F)(F)F.[K+]. The molecule has 16 heavy (non-hydrogen) atoms. The van der Waals surface area contributed by atoms with Crippen LogP contribution in [0.5, 0.6) is 0 Å². The summed E-state index contributed by atoms with van der Waals surface area (Å²) in [5.41, 5.74) is -0.683. The Morgan fingerprint density at radius 3 is 2.50 bits per heavy atom. The second-order valence-electron chi connectivity index (χ2n) is 2.93. The molecule has 0 fully saturated rings. The van der Waals surface area contributed by atoms with Crippen molar-refractivity contribution in [3.63, 3.8) is 0 Å². The maximum Gasteiger partial charge on any atom is 1.00 e. The van der Waals surface area contributed by atoms with Crippen molar-refractivity contribution in [1.29, 1.82) is 0 Å². The molecule has 1 aromatic rings. The van der Waals surface area contributed by atoms with Crippen LogP contribution in [0.15, 0.2) is 28.6 Å². The molecule has 0 amide bonds. The molecule has 0 aromatic carbocycles. The molecule has 1 aromatic heterocycles. The molecule has 0 unspecified atom stereocenters. The molecule has 0 saturated carbocycles. The number of halogens is 4. The maximum absolute atomic E-state index is 12.1. The molecule has 1 nitrogen and oxygen atoms in total. The van der Waals surface area contributed by atoms with Crippen molar-refractivity contribution in [2.45, 2.75) is 5.75 Å². The fraction of sp³-hybridized carbons (Fsp3) is 0.250. The van der Waals surface area contributed by atoms with E-state index in [1.807, 2.05) is 0 Å². The van der Waals surface area contributed by atoms with Crippen molar-refractivity contribution >= 4 is 30.3 Å². The summed E-state index contributed by atoms with van der Waals surface area (Å²) in [7, 11) is 0. The molecule has 0 atom stereocenters. The van der Waals surface area contributed by atoms with Gasteiger partial charge in [-0.15, -0.1) is 12.1 Å². The molecule has 0 aliphatic rings. The van der Waals surface area contributed by atoms with E-state index in [0.717, 1.165) is 11.8 Å². The van der Waals surface area contributed by atoms with E-state index < -0.39 is 12.4 Å². The zero-order chi connectivity index (χ0) is 11.5. The van der Waals surface area contributed by atoms with E-state index in [4.69, 9.17) is 16.0 Å². The van der Waals surface area contributed by atoms with Gasteiger partial charge in [-0.25, -0.2) is 0 Å². The van der Waals surface area contributed by atoms with E-state index in [-0.39, 0.29) is 62.4 Å². The van der Waals surface area contributed by atoms with Crippen molar-refractivity contribution < 1.29 is 68.7 Å². The van der Waals surface area contributed by atoms with E-state index in [1.165, 1.54) is 0 Å². The maximum atomic E-state index is 12.1. The normalized spacial score (nSPS) is 11.0. The molecule has 0 bridgehead atoms. The van der Waals surface area contributed by atoms with Gasteiger partial charge in [-0.3, -0.25) is 0 Å². The van der Waals surface area contributed by atoms with Crippen LogP contribution < -0.4 is 51.4 Å². The molecule has 0 saturated heterocycles. The molecule has 0 radical (unpaired) electrons. The zero-order valence-corrected chi connectivity index (χ0v) is 13.4. The first-order valence-corrected chi connectivity index (χ1v) is 5.62. The molecule has 1 heterocycles. The Morgan fingerprint density at radius 1 is 1.44 bits per heavy atom. The van der Waals surface area contributed by atoms with E-state index in [9.17, 15) is 12.9 Å². The predicted octanol–water partition coefficient (Wildman–Crippen LogP) is 1.11. The summed E-state index contributed by atoms with van der Waals surface area (Å²) in [5, 5.41) is 0.240. The molecule has 84 valence electrons. The molecule has 0 spiro atoms. The topological polar surface area (TPSA) is 13.1 Å². The Morgan fingerprint density at radius 2 is 2.06 bits per heavy atom. The number of hydrogen-bond acceptors (Lipinski definition) is 2. The summed E-state index contributed by atoms with van der Waals surface area (Å²) < 4.78 is 41.2. The fourth-order valence-corrected chi connectivity index (χ4v) is 1.88. The van der Waals surface area contributed by atoms with Gasteiger partial charge in [0.05, 0.1) is 5.75 Å². The Bertz CT molecular complexity index is 355. The summed E-state index contributed by atoms with van der Waals surface area (Å²) in [4.78, 5) is 0. The number of furan rings is 1. The first-order valence-electron chi connectivity index (χ1n) is 4.09. The van der Waals surface area contributed by atoms with Crippen molar-refractivity contribution in [2.24, 2.45) is 0 Å². The van der Waals surface area contributed by atoms with Gasteiger partial charge in [-0.1, -0.05) is 0 Å². The standard InChI is InChI=1S/C8H8BClF3OS.K/c1-6(9(11,12)13)4-15-5-7-2-3-8(10)14-7;/h2-3H,1,4-5H2;/q-1;+1. The van der Waals surface area contributed by atoms with Gasteiger partial charge in [0.25, 0.3) is 0 Å². The van der Waals surface area contributed by atoms with E-state index in [1.54, 1.807) is 12.1 Å². The Kier molecular flexibility index (Phi) is 8.10. The smallest absolute Gasteiger partial charge is 0.449 e. The number of hydrogen-bond donors (Lipinski definition) is 0. The minimum atomic E-state index is -4.92. The molecular weight excluding hydrogens is 287 g/mol. The van der Waals surface area contributed by atoms with Gasteiger partial charge in [0.1, 0.15) is 5.76 Å². The third-order valence-corrected chi connectivity index (χ3v) is 2.89. The minimum Gasteiger partial charge on any atom is -0.449 e. The summed E-state index contributed by atoms with van der Waals surface area (Å²) in [6.07, 6.45) is 0. The number of thioether (sulfide) groups is 1. The van der Waals surface area contributed by atoms with Crippen LogP contribution in [0.3, 0.4) is 0 Å². The Labute approximate surface area is 144 Å². The fourth-order valence-electron chi connectivity index (χ4n) is 0.807. The van der Waals surface area contributed by atoms with Crippen LogP contribution in [0.1, 0.15) is 5.76 Å². The molecule has 1 rings (SSSR count). The van der Waals surface area contributed by atoms with Gasteiger partial charge in [0, 0.05) is 0 Å². The summed E-state index contributed by atoms with van der Waals surface area (Å²) >= 11 is 6.60. The van der Waals surface area contributed by atoms with Crippen molar-refractivity contribution in [3.8, 4) is 0 Å². The molecule has 0 aliphatic heterocycles. The van der Waals surface area contributed by atoms with Crippen LogP contribution in [0.2, 0.25) is 5.22 Å². The van der Waals surface area contributed by atoms with Gasteiger partial charge in [0.2, 0.25) is 0 Å². The average molecular weight is 295 g/mol. The molecule has 0 aliphatic carbocycles. The third-order valence-electron chi connectivity index (χ3n) is 1.62. The largest absolute Gasteiger partial charge is 1.00 e. The second-order valence-corrected chi connectivity index (χ2v) is 4.29. The van der Waals surface area contributed by atoms with Crippen molar-refractivity contribution in [2.75, 3.05) is 5.75 Å².